The average Bonchev–Trinajstić information content (AvgIpc) is 3.12. The van der Waals surface area contributed by atoms with Crippen molar-refractivity contribution in [1.82, 2.24) is 0 Å². The number of aromatic hydroxyl groups is 1. The molecule has 152 valence electrons. The van der Waals surface area contributed by atoms with E-state index in [-0.39, 0.29) is 28.6 Å². The molecule has 3 aromatic rings. The Kier molecular flexibility index (Phi) is 4.58. The molecular formula is C21H23N3O5. The van der Waals surface area contributed by atoms with E-state index < -0.39 is 10.9 Å². The Morgan fingerprint density at radius 3 is 2.34 bits per heavy atom. The van der Waals surface area contributed by atoms with Gasteiger partial charge in [-0.05, 0) is 31.2 Å². The molecule has 0 spiro atoms. The molecule has 1 fully saturated rings. The molecule has 1 aromatic heterocycles. The van der Waals surface area contributed by atoms with Crippen molar-refractivity contribution < 1.29 is 14.3 Å². The molecule has 0 saturated carbocycles. The minimum atomic E-state index is -0.633. The van der Waals surface area contributed by atoms with Gasteiger partial charge in [-0.3, -0.25) is 9.59 Å². The highest BCUT2D eigenvalue weighted by Gasteiger charge is 2.45. The molecule has 0 bridgehead atoms. The van der Waals surface area contributed by atoms with E-state index in [1.165, 1.54) is 0 Å². The second-order valence-corrected chi connectivity index (χ2v) is 7.66. The van der Waals surface area contributed by atoms with E-state index in [1.54, 1.807) is 25.2 Å². The Morgan fingerprint density at radius 2 is 1.76 bits per heavy atom. The second kappa shape index (κ2) is 6.97. The van der Waals surface area contributed by atoms with Gasteiger partial charge in [-0.1, -0.05) is 13.0 Å². The summed E-state index contributed by atoms with van der Waals surface area (Å²) < 4.78 is 11.2. The second-order valence-electron chi connectivity index (χ2n) is 7.66. The number of phenolic OH excluding ortho intramolecular Hbond substituents is 1. The molecule has 8 nitrogen and oxygen atoms in total. The summed E-state index contributed by atoms with van der Waals surface area (Å²) in [4.78, 5) is 24.6. The molecule has 4 rings (SSSR count). The molecule has 8 heteroatoms. The summed E-state index contributed by atoms with van der Waals surface area (Å²) >= 11 is 0. The first-order chi connectivity index (χ1) is 13.8. The van der Waals surface area contributed by atoms with Crippen molar-refractivity contribution in [3.05, 3.63) is 62.3 Å². The van der Waals surface area contributed by atoms with Crippen LogP contribution in [0.2, 0.25) is 0 Å². The third-order valence-corrected chi connectivity index (χ3v) is 5.37. The van der Waals surface area contributed by atoms with Gasteiger partial charge in [0.2, 0.25) is 0 Å². The minimum absolute atomic E-state index is 0.0356. The van der Waals surface area contributed by atoms with Crippen LogP contribution in [0.5, 0.6) is 5.75 Å². The van der Waals surface area contributed by atoms with Crippen molar-refractivity contribution in [2.75, 3.05) is 36.2 Å². The molecule has 1 saturated heterocycles. The van der Waals surface area contributed by atoms with Gasteiger partial charge >= 0.3 is 0 Å². The predicted octanol–water partition coefficient (Wildman–Crippen LogP) is 2.86. The Morgan fingerprint density at radius 1 is 1.07 bits per heavy atom. The molecule has 2 aromatic carbocycles. The zero-order valence-corrected chi connectivity index (χ0v) is 16.5. The largest absolute Gasteiger partial charge is 0.504 e. The van der Waals surface area contributed by atoms with Crippen LogP contribution in [0.15, 0.2) is 44.3 Å². The topological polar surface area (TPSA) is 113 Å². The van der Waals surface area contributed by atoms with E-state index in [2.05, 4.69) is 16.0 Å². The van der Waals surface area contributed by atoms with E-state index >= 15 is 0 Å². The number of rotatable bonds is 7. The third kappa shape index (κ3) is 3.15. The number of aryl methyl sites for hydroxylation is 1. The molecule has 2 heterocycles. The first-order valence-corrected chi connectivity index (χ1v) is 9.35. The van der Waals surface area contributed by atoms with Crippen LogP contribution in [-0.4, -0.2) is 25.4 Å². The van der Waals surface area contributed by atoms with Gasteiger partial charge in [-0.2, -0.15) is 0 Å². The molecule has 4 N–H and O–H groups in total. The lowest BCUT2D eigenvalue weighted by Crippen LogP contribution is -2.49. The number of ether oxygens (including phenoxy) is 1. The molecule has 1 aliphatic rings. The highest BCUT2D eigenvalue weighted by Crippen LogP contribution is 2.43. The fraction of sp³-hybridized carbons (Fsp3) is 0.333. The normalized spacial score (nSPS) is 16.2. The molecule has 1 unspecified atom stereocenters. The van der Waals surface area contributed by atoms with Gasteiger partial charge in [0.1, 0.15) is 22.9 Å². The van der Waals surface area contributed by atoms with E-state index in [4.69, 9.17) is 9.15 Å². The first kappa shape index (κ1) is 19.1. The molecular weight excluding hydrogens is 374 g/mol. The number of hydrogen-bond acceptors (Lipinski definition) is 8. The number of para-hydroxylation sites is 1. The van der Waals surface area contributed by atoms with Crippen molar-refractivity contribution in [3.63, 3.8) is 0 Å². The standard InChI is InChI=1S/C21H23N3O5/c1-11-7-8-14(29-11)20(21(2)9-28-10-21)24-16-15(18(26)19(16)27)23-13-6-4-5-12(22-3)17(13)25/h4-8,20,22-25H,9-10H2,1-3H3. The summed E-state index contributed by atoms with van der Waals surface area (Å²) in [5.41, 5.74) is -0.385. The lowest BCUT2D eigenvalue weighted by molar-refractivity contribution is -0.115. The maximum atomic E-state index is 12.3. The fourth-order valence-electron chi connectivity index (χ4n) is 3.56. The Balaban J connectivity index is 1.67. The van der Waals surface area contributed by atoms with Gasteiger partial charge in [-0.15, -0.1) is 0 Å². The van der Waals surface area contributed by atoms with E-state index in [0.29, 0.717) is 30.3 Å². The van der Waals surface area contributed by atoms with Crippen LogP contribution in [0.25, 0.3) is 0 Å². The molecule has 0 amide bonds. The van der Waals surface area contributed by atoms with Gasteiger partial charge in [0.25, 0.3) is 10.9 Å². The van der Waals surface area contributed by atoms with Crippen LogP contribution in [-0.2, 0) is 4.74 Å². The van der Waals surface area contributed by atoms with Crippen molar-refractivity contribution in [2.45, 2.75) is 19.9 Å². The van der Waals surface area contributed by atoms with Crippen LogP contribution in [0.3, 0.4) is 0 Å². The van der Waals surface area contributed by atoms with Crippen LogP contribution < -0.4 is 26.8 Å². The number of hydrogen-bond donors (Lipinski definition) is 4. The number of phenols is 1. The SMILES string of the molecule is CNc1cccc(Nc2c(NC(c3ccc(C)o3)C3(C)COC3)c(=O)c2=O)c1O. The van der Waals surface area contributed by atoms with Crippen LogP contribution in [0, 0.1) is 12.3 Å². The van der Waals surface area contributed by atoms with Crippen molar-refractivity contribution in [3.8, 4) is 5.75 Å². The van der Waals surface area contributed by atoms with Gasteiger partial charge in [0.15, 0.2) is 5.75 Å². The Hall–Kier alpha value is -3.26. The van der Waals surface area contributed by atoms with Gasteiger partial charge in [0.05, 0.1) is 30.6 Å². The summed E-state index contributed by atoms with van der Waals surface area (Å²) in [6.07, 6.45) is 0. The summed E-state index contributed by atoms with van der Waals surface area (Å²) in [5, 5.41) is 19.3. The quantitative estimate of drug-likeness (QED) is 0.356. The number of furan rings is 1. The maximum absolute atomic E-state index is 12.3. The smallest absolute Gasteiger partial charge is 0.253 e. The number of nitrogens with one attached hydrogen (secondary N) is 3. The van der Waals surface area contributed by atoms with Crippen LogP contribution in [0.4, 0.5) is 22.7 Å². The lowest BCUT2D eigenvalue weighted by atomic mass is 9.79. The summed E-state index contributed by atoms with van der Waals surface area (Å²) in [6, 6.07) is 8.44. The highest BCUT2D eigenvalue weighted by atomic mass is 16.5. The van der Waals surface area contributed by atoms with Crippen molar-refractivity contribution in [1.29, 1.82) is 0 Å². The zero-order valence-electron chi connectivity index (χ0n) is 16.5. The first-order valence-electron chi connectivity index (χ1n) is 9.35. The Bertz CT molecular complexity index is 1120. The summed E-state index contributed by atoms with van der Waals surface area (Å²) in [5.74, 6) is 1.40. The zero-order chi connectivity index (χ0) is 20.8. The van der Waals surface area contributed by atoms with Gasteiger partial charge in [-0.25, -0.2) is 0 Å². The van der Waals surface area contributed by atoms with E-state index in [1.807, 2.05) is 26.0 Å². The lowest BCUT2D eigenvalue weighted by Gasteiger charge is -2.44. The number of anilines is 4. The molecule has 29 heavy (non-hydrogen) atoms. The maximum Gasteiger partial charge on any atom is 0.253 e. The van der Waals surface area contributed by atoms with Crippen molar-refractivity contribution >= 4 is 22.7 Å². The van der Waals surface area contributed by atoms with Gasteiger partial charge < -0.3 is 30.2 Å². The summed E-state index contributed by atoms with van der Waals surface area (Å²) in [6.45, 7) is 4.90. The number of benzene rings is 1. The van der Waals surface area contributed by atoms with Gasteiger partial charge in [0, 0.05) is 12.5 Å². The Labute approximate surface area is 167 Å². The molecule has 0 radical (unpaired) electrons. The predicted molar refractivity (Wildman–Crippen MR) is 111 cm³/mol. The van der Waals surface area contributed by atoms with E-state index in [0.717, 1.165) is 5.76 Å². The third-order valence-electron chi connectivity index (χ3n) is 5.37. The van der Waals surface area contributed by atoms with Crippen LogP contribution in [0.1, 0.15) is 24.5 Å². The highest BCUT2D eigenvalue weighted by molar-refractivity contribution is 5.83. The van der Waals surface area contributed by atoms with Crippen LogP contribution >= 0.6 is 0 Å². The minimum Gasteiger partial charge on any atom is -0.504 e. The molecule has 1 atom stereocenters. The average molecular weight is 397 g/mol. The fourth-order valence-corrected chi connectivity index (χ4v) is 3.56. The monoisotopic (exact) mass is 397 g/mol. The molecule has 0 aliphatic carbocycles. The molecule has 1 aliphatic heterocycles. The summed E-state index contributed by atoms with van der Waals surface area (Å²) in [7, 11) is 1.68. The van der Waals surface area contributed by atoms with E-state index in [9.17, 15) is 14.7 Å². The van der Waals surface area contributed by atoms with Crippen molar-refractivity contribution in [2.24, 2.45) is 5.41 Å².